The number of ether oxygens (including phenoxy) is 1. The molecule has 1 nitrogen and oxygen atoms in total. The van der Waals surface area contributed by atoms with Crippen LogP contribution in [0.1, 0.15) is 32.3 Å². The van der Waals surface area contributed by atoms with E-state index in [9.17, 15) is 0 Å². The fourth-order valence-electron chi connectivity index (χ4n) is 1.48. The summed E-state index contributed by atoms with van der Waals surface area (Å²) in [5, 5.41) is 0. The quantitative estimate of drug-likeness (QED) is 0.657. The van der Waals surface area contributed by atoms with Gasteiger partial charge in [-0.3, -0.25) is 0 Å². The molecule has 0 bridgehead atoms. The lowest BCUT2D eigenvalue weighted by molar-refractivity contribution is 0.229. The molecule has 1 rings (SSSR count). The van der Waals surface area contributed by atoms with E-state index in [1.807, 2.05) is 19.9 Å². The number of hydrogen-bond donors (Lipinski definition) is 0. The van der Waals surface area contributed by atoms with Gasteiger partial charge in [-0.1, -0.05) is 37.3 Å². The van der Waals surface area contributed by atoms with Gasteiger partial charge in [0, 0.05) is 5.92 Å². The summed E-state index contributed by atoms with van der Waals surface area (Å²) in [4.78, 5) is 0. The highest BCUT2D eigenvalue weighted by molar-refractivity contribution is 5.23. The molecule has 1 atom stereocenters. The van der Waals surface area contributed by atoms with Gasteiger partial charge >= 0.3 is 0 Å². The van der Waals surface area contributed by atoms with Crippen molar-refractivity contribution in [1.29, 1.82) is 0 Å². The maximum absolute atomic E-state index is 5.40. The average molecular weight is 190 g/mol. The van der Waals surface area contributed by atoms with Crippen molar-refractivity contribution in [3.63, 3.8) is 0 Å². The zero-order chi connectivity index (χ0) is 10.4. The van der Waals surface area contributed by atoms with E-state index in [0.717, 1.165) is 12.4 Å². The Balaban J connectivity index is 2.67. The van der Waals surface area contributed by atoms with Gasteiger partial charge in [-0.25, -0.2) is 0 Å². The van der Waals surface area contributed by atoms with Gasteiger partial charge in [0.1, 0.15) is 0 Å². The summed E-state index contributed by atoms with van der Waals surface area (Å²) >= 11 is 0. The minimum Gasteiger partial charge on any atom is -0.499 e. The first-order valence-corrected chi connectivity index (χ1v) is 5.10. The summed E-state index contributed by atoms with van der Waals surface area (Å²) < 4.78 is 5.40. The SMILES string of the molecule is CCO/C(C)=C/[C@@H](C)c1ccccc1. The highest BCUT2D eigenvalue weighted by Crippen LogP contribution is 2.17. The Labute approximate surface area is 86.4 Å². The van der Waals surface area contributed by atoms with E-state index in [-0.39, 0.29) is 0 Å². The minimum atomic E-state index is 0.419. The normalized spacial score (nSPS) is 13.8. The average Bonchev–Trinajstić information content (AvgIpc) is 2.19. The second-order valence-corrected chi connectivity index (χ2v) is 3.41. The van der Waals surface area contributed by atoms with Gasteiger partial charge in [0.2, 0.25) is 0 Å². The summed E-state index contributed by atoms with van der Waals surface area (Å²) in [6.07, 6.45) is 2.15. The summed E-state index contributed by atoms with van der Waals surface area (Å²) in [6, 6.07) is 10.4. The Kier molecular flexibility index (Phi) is 4.24. The molecule has 0 radical (unpaired) electrons. The summed E-state index contributed by atoms with van der Waals surface area (Å²) in [5.74, 6) is 1.42. The number of allylic oxidation sites excluding steroid dienone is 2. The third-order valence-electron chi connectivity index (χ3n) is 2.18. The standard InChI is InChI=1S/C13H18O/c1-4-14-12(3)10-11(2)13-8-6-5-7-9-13/h5-11H,4H2,1-3H3/b12-10+/t11-/m1/s1. The maximum atomic E-state index is 5.40. The van der Waals surface area contributed by atoms with Crippen LogP contribution in [0, 0.1) is 0 Å². The number of benzene rings is 1. The van der Waals surface area contributed by atoms with Gasteiger partial charge in [-0.2, -0.15) is 0 Å². The van der Waals surface area contributed by atoms with Crippen molar-refractivity contribution in [3.05, 3.63) is 47.7 Å². The van der Waals surface area contributed by atoms with Crippen LogP contribution in [0.2, 0.25) is 0 Å². The molecule has 14 heavy (non-hydrogen) atoms. The van der Waals surface area contributed by atoms with Crippen LogP contribution in [0.5, 0.6) is 0 Å². The molecule has 0 unspecified atom stereocenters. The fourth-order valence-corrected chi connectivity index (χ4v) is 1.48. The predicted molar refractivity (Wildman–Crippen MR) is 60.2 cm³/mol. The Bertz CT molecular complexity index is 287. The second-order valence-electron chi connectivity index (χ2n) is 3.41. The number of hydrogen-bond acceptors (Lipinski definition) is 1. The largest absolute Gasteiger partial charge is 0.499 e. The van der Waals surface area contributed by atoms with E-state index in [1.165, 1.54) is 5.56 Å². The van der Waals surface area contributed by atoms with Crippen molar-refractivity contribution in [1.82, 2.24) is 0 Å². The smallest absolute Gasteiger partial charge is 0.0895 e. The molecule has 0 fully saturated rings. The van der Waals surface area contributed by atoms with Gasteiger partial charge in [0.15, 0.2) is 0 Å². The van der Waals surface area contributed by atoms with Crippen LogP contribution in [0.4, 0.5) is 0 Å². The van der Waals surface area contributed by atoms with Gasteiger partial charge in [-0.15, -0.1) is 0 Å². The van der Waals surface area contributed by atoms with E-state index < -0.39 is 0 Å². The Morgan fingerprint density at radius 2 is 2.00 bits per heavy atom. The molecular formula is C13H18O. The van der Waals surface area contributed by atoms with E-state index >= 15 is 0 Å². The minimum absolute atomic E-state index is 0.419. The van der Waals surface area contributed by atoms with Gasteiger partial charge < -0.3 is 4.74 Å². The first-order valence-electron chi connectivity index (χ1n) is 5.10. The fraction of sp³-hybridized carbons (Fsp3) is 0.385. The molecule has 1 aromatic rings. The molecule has 0 amide bonds. The second kappa shape index (κ2) is 5.48. The monoisotopic (exact) mass is 190 g/mol. The van der Waals surface area contributed by atoms with Crippen molar-refractivity contribution in [2.75, 3.05) is 6.61 Å². The molecule has 0 aliphatic heterocycles. The van der Waals surface area contributed by atoms with E-state index in [2.05, 4.69) is 37.3 Å². The maximum Gasteiger partial charge on any atom is 0.0895 e. The van der Waals surface area contributed by atoms with Crippen LogP contribution >= 0.6 is 0 Å². The third-order valence-corrected chi connectivity index (χ3v) is 2.18. The van der Waals surface area contributed by atoms with E-state index in [4.69, 9.17) is 4.74 Å². The van der Waals surface area contributed by atoms with Crippen molar-refractivity contribution in [3.8, 4) is 0 Å². The van der Waals surface area contributed by atoms with Gasteiger partial charge in [0.25, 0.3) is 0 Å². The van der Waals surface area contributed by atoms with Crippen molar-refractivity contribution >= 4 is 0 Å². The molecule has 1 heteroatoms. The summed E-state index contributed by atoms with van der Waals surface area (Å²) in [7, 11) is 0. The molecule has 0 aliphatic carbocycles. The van der Waals surface area contributed by atoms with Crippen LogP contribution in [0.25, 0.3) is 0 Å². The van der Waals surface area contributed by atoms with Crippen LogP contribution in [-0.2, 0) is 4.74 Å². The van der Waals surface area contributed by atoms with E-state index in [0.29, 0.717) is 5.92 Å². The summed E-state index contributed by atoms with van der Waals surface area (Å²) in [5.41, 5.74) is 1.33. The summed E-state index contributed by atoms with van der Waals surface area (Å²) in [6.45, 7) is 6.93. The molecule has 1 aromatic carbocycles. The zero-order valence-electron chi connectivity index (χ0n) is 9.16. The van der Waals surface area contributed by atoms with Crippen LogP contribution in [0.3, 0.4) is 0 Å². The van der Waals surface area contributed by atoms with Gasteiger partial charge in [-0.05, 0) is 25.5 Å². The topological polar surface area (TPSA) is 9.23 Å². The first-order chi connectivity index (χ1) is 6.74. The predicted octanol–water partition coefficient (Wildman–Crippen LogP) is 3.73. The zero-order valence-corrected chi connectivity index (χ0v) is 9.16. The lowest BCUT2D eigenvalue weighted by Gasteiger charge is -2.09. The van der Waals surface area contributed by atoms with E-state index in [1.54, 1.807) is 0 Å². The molecule has 0 heterocycles. The molecule has 0 N–H and O–H groups in total. The van der Waals surface area contributed by atoms with Gasteiger partial charge in [0.05, 0.1) is 12.4 Å². The Hall–Kier alpha value is -1.24. The molecule has 0 saturated heterocycles. The van der Waals surface area contributed by atoms with Crippen molar-refractivity contribution in [2.45, 2.75) is 26.7 Å². The Morgan fingerprint density at radius 1 is 1.36 bits per heavy atom. The van der Waals surface area contributed by atoms with Crippen LogP contribution in [-0.4, -0.2) is 6.61 Å². The lowest BCUT2D eigenvalue weighted by atomic mass is 10.0. The van der Waals surface area contributed by atoms with Crippen LogP contribution < -0.4 is 0 Å². The highest BCUT2D eigenvalue weighted by Gasteiger charge is 2.01. The molecular weight excluding hydrogens is 172 g/mol. The molecule has 0 spiro atoms. The highest BCUT2D eigenvalue weighted by atomic mass is 16.5. The lowest BCUT2D eigenvalue weighted by Crippen LogP contribution is -1.93. The first kappa shape index (κ1) is 10.8. The van der Waals surface area contributed by atoms with Crippen molar-refractivity contribution < 1.29 is 4.74 Å². The molecule has 76 valence electrons. The third kappa shape index (κ3) is 3.25. The van der Waals surface area contributed by atoms with Crippen molar-refractivity contribution in [2.24, 2.45) is 0 Å². The number of rotatable bonds is 4. The molecule has 0 saturated carbocycles. The molecule has 0 aromatic heterocycles. The van der Waals surface area contributed by atoms with Crippen LogP contribution in [0.15, 0.2) is 42.2 Å². The Morgan fingerprint density at radius 3 is 2.57 bits per heavy atom. The molecule has 0 aliphatic rings.